The first-order chi connectivity index (χ1) is 12.2. The third-order valence-corrected chi connectivity index (χ3v) is 3.66. The van der Waals surface area contributed by atoms with Crippen LogP contribution in [0.4, 0.5) is 0 Å². The van der Waals surface area contributed by atoms with Crippen LogP contribution in [-0.4, -0.2) is 44.1 Å². The molecular weight excluding hydrogens is 320 g/mol. The van der Waals surface area contributed by atoms with Gasteiger partial charge in [-0.2, -0.15) is 0 Å². The normalized spacial score (nSPS) is 11.8. The number of benzene rings is 2. The number of hydrogen-bond acceptors (Lipinski definition) is 5. The summed E-state index contributed by atoms with van der Waals surface area (Å²) in [5, 5.41) is 9.35. The Morgan fingerprint density at radius 1 is 0.960 bits per heavy atom. The highest BCUT2D eigenvalue weighted by Gasteiger charge is 2.14. The van der Waals surface area contributed by atoms with E-state index in [-0.39, 0.29) is 6.61 Å². The number of unbranched alkanes of at least 4 members (excludes halogenated alkanes) is 1. The maximum Gasteiger partial charge on any atom is 0.337 e. The van der Waals surface area contributed by atoms with Crippen molar-refractivity contribution in [2.45, 2.75) is 18.9 Å². The summed E-state index contributed by atoms with van der Waals surface area (Å²) >= 11 is 0. The van der Waals surface area contributed by atoms with Crippen LogP contribution in [0.3, 0.4) is 0 Å². The topological polar surface area (TPSA) is 65.0 Å². The Hall–Kier alpha value is -2.37. The van der Waals surface area contributed by atoms with Crippen molar-refractivity contribution in [1.82, 2.24) is 0 Å². The molecule has 0 bridgehead atoms. The first-order valence-corrected chi connectivity index (χ1v) is 8.32. The Morgan fingerprint density at radius 2 is 1.60 bits per heavy atom. The van der Waals surface area contributed by atoms with Crippen LogP contribution in [0.15, 0.2) is 54.6 Å². The predicted molar refractivity (Wildman–Crippen MR) is 95.4 cm³/mol. The summed E-state index contributed by atoms with van der Waals surface area (Å²) in [5.41, 5.74) is 2.34. The maximum absolute atomic E-state index is 11.0. The van der Waals surface area contributed by atoms with Crippen LogP contribution in [0, 0.1) is 0 Å². The zero-order chi connectivity index (χ0) is 17.9. The van der Waals surface area contributed by atoms with Crippen LogP contribution >= 0.6 is 0 Å². The number of aliphatic hydroxyl groups is 1. The van der Waals surface area contributed by atoms with Crippen LogP contribution < -0.4 is 4.74 Å². The molecule has 5 nitrogen and oxygen atoms in total. The lowest BCUT2D eigenvalue weighted by Crippen LogP contribution is -2.27. The van der Waals surface area contributed by atoms with Crippen molar-refractivity contribution in [3.63, 3.8) is 0 Å². The first kappa shape index (κ1) is 19.0. The van der Waals surface area contributed by atoms with Crippen LogP contribution in [0.1, 0.15) is 12.8 Å². The molecular formula is C20H24O5. The van der Waals surface area contributed by atoms with Crippen molar-refractivity contribution in [2.24, 2.45) is 0 Å². The lowest BCUT2D eigenvalue weighted by Gasteiger charge is -2.10. The molecule has 1 atom stereocenters. The smallest absolute Gasteiger partial charge is 0.337 e. The van der Waals surface area contributed by atoms with Crippen LogP contribution in [-0.2, 0) is 14.3 Å². The van der Waals surface area contributed by atoms with Gasteiger partial charge in [0.05, 0.1) is 20.3 Å². The lowest BCUT2D eigenvalue weighted by atomic mass is 10.1. The second-order valence-electron chi connectivity index (χ2n) is 5.56. The van der Waals surface area contributed by atoms with E-state index < -0.39 is 12.1 Å². The standard InChI is InChI=1S/C20H24O5/c1-23-20(22)19(21)15-24-13-5-6-14-25-18-11-9-17(10-12-18)16-7-3-2-4-8-16/h2-4,7-12,19,21H,5-6,13-15H2,1H3. The molecule has 0 saturated heterocycles. The van der Waals surface area contributed by atoms with E-state index in [4.69, 9.17) is 9.47 Å². The Labute approximate surface area is 148 Å². The average Bonchev–Trinajstić information content (AvgIpc) is 2.67. The molecule has 0 aliphatic carbocycles. The van der Waals surface area contributed by atoms with E-state index in [0.717, 1.165) is 24.2 Å². The molecule has 134 valence electrons. The summed E-state index contributed by atoms with van der Waals surface area (Å²) in [5.74, 6) is 0.156. The zero-order valence-corrected chi connectivity index (χ0v) is 14.4. The van der Waals surface area contributed by atoms with Gasteiger partial charge in [0.2, 0.25) is 0 Å². The molecule has 5 heteroatoms. The number of aliphatic hydroxyl groups excluding tert-OH is 1. The van der Waals surface area contributed by atoms with E-state index in [0.29, 0.717) is 13.2 Å². The van der Waals surface area contributed by atoms with Gasteiger partial charge in [0.1, 0.15) is 5.75 Å². The average molecular weight is 344 g/mol. The highest BCUT2D eigenvalue weighted by atomic mass is 16.5. The predicted octanol–water partition coefficient (Wildman–Crippen LogP) is 3.06. The van der Waals surface area contributed by atoms with Gasteiger partial charge in [-0.3, -0.25) is 0 Å². The highest BCUT2D eigenvalue weighted by molar-refractivity contribution is 5.74. The van der Waals surface area contributed by atoms with Gasteiger partial charge in [-0.05, 0) is 36.1 Å². The minimum absolute atomic E-state index is 0.0471. The lowest BCUT2D eigenvalue weighted by molar-refractivity contribution is -0.153. The number of hydrogen-bond donors (Lipinski definition) is 1. The highest BCUT2D eigenvalue weighted by Crippen LogP contribution is 2.22. The summed E-state index contributed by atoms with van der Waals surface area (Å²) in [4.78, 5) is 11.0. The molecule has 0 radical (unpaired) electrons. The molecule has 2 aromatic rings. The fourth-order valence-corrected chi connectivity index (χ4v) is 2.27. The molecule has 0 spiro atoms. The summed E-state index contributed by atoms with van der Waals surface area (Å²) in [6.45, 7) is 1.01. The molecule has 2 aromatic carbocycles. The molecule has 0 heterocycles. The van der Waals surface area contributed by atoms with E-state index >= 15 is 0 Å². The van der Waals surface area contributed by atoms with Crippen molar-refractivity contribution in [3.05, 3.63) is 54.6 Å². The third kappa shape index (κ3) is 6.57. The van der Waals surface area contributed by atoms with Crippen LogP contribution in [0.5, 0.6) is 5.75 Å². The molecule has 0 aliphatic rings. The molecule has 0 aromatic heterocycles. The van der Waals surface area contributed by atoms with Gasteiger partial charge in [-0.1, -0.05) is 42.5 Å². The van der Waals surface area contributed by atoms with E-state index in [2.05, 4.69) is 16.9 Å². The van der Waals surface area contributed by atoms with Gasteiger partial charge in [0.25, 0.3) is 0 Å². The maximum atomic E-state index is 11.0. The Balaban J connectivity index is 1.60. The van der Waals surface area contributed by atoms with Gasteiger partial charge in [-0.15, -0.1) is 0 Å². The van der Waals surface area contributed by atoms with Crippen molar-refractivity contribution in [2.75, 3.05) is 26.9 Å². The summed E-state index contributed by atoms with van der Waals surface area (Å²) < 4.78 is 15.3. The second-order valence-corrected chi connectivity index (χ2v) is 5.56. The first-order valence-electron chi connectivity index (χ1n) is 8.32. The second kappa shape index (κ2) is 10.5. The quantitative estimate of drug-likeness (QED) is 0.530. The number of esters is 1. The molecule has 2 rings (SSSR count). The van der Waals surface area contributed by atoms with Crippen LogP contribution in [0.25, 0.3) is 11.1 Å². The van der Waals surface area contributed by atoms with E-state index in [9.17, 15) is 9.90 Å². The largest absolute Gasteiger partial charge is 0.494 e. The number of methoxy groups -OCH3 is 1. The Bertz CT molecular complexity index is 624. The minimum Gasteiger partial charge on any atom is -0.494 e. The molecule has 0 amide bonds. The Morgan fingerprint density at radius 3 is 2.28 bits per heavy atom. The fourth-order valence-electron chi connectivity index (χ4n) is 2.27. The number of carbonyl (C=O) groups is 1. The van der Waals surface area contributed by atoms with Crippen LogP contribution in [0.2, 0.25) is 0 Å². The summed E-state index contributed by atoms with van der Waals surface area (Å²) in [6, 6.07) is 18.2. The summed E-state index contributed by atoms with van der Waals surface area (Å²) in [6.07, 6.45) is 0.398. The molecule has 1 N–H and O–H groups in total. The van der Waals surface area contributed by atoms with Gasteiger partial charge >= 0.3 is 5.97 Å². The van der Waals surface area contributed by atoms with Gasteiger partial charge < -0.3 is 19.3 Å². The monoisotopic (exact) mass is 344 g/mol. The van der Waals surface area contributed by atoms with Gasteiger partial charge in [-0.25, -0.2) is 4.79 Å². The zero-order valence-electron chi connectivity index (χ0n) is 14.4. The SMILES string of the molecule is COC(=O)C(O)COCCCCOc1ccc(-c2ccccc2)cc1. The van der Waals surface area contributed by atoms with E-state index in [1.54, 1.807) is 0 Å². The van der Waals surface area contributed by atoms with Crippen molar-refractivity contribution in [1.29, 1.82) is 0 Å². The van der Waals surface area contributed by atoms with Gasteiger partial charge in [0, 0.05) is 6.61 Å². The molecule has 0 saturated carbocycles. The molecule has 0 fully saturated rings. The minimum atomic E-state index is -1.22. The molecule has 1 unspecified atom stereocenters. The fraction of sp³-hybridized carbons (Fsp3) is 0.350. The molecule has 25 heavy (non-hydrogen) atoms. The number of ether oxygens (including phenoxy) is 3. The van der Waals surface area contributed by atoms with E-state index in [1.165, 1.54) is 12.7 Å². The molecule has 0 aliphatic heterocycles. The van der Waals surface area contributed by atoms with Crippen molar-refractivity contribution < 1.29 is 24.1 Å². The Kier molecular flexibility index (Phi) is 7.95. The number of carbonyl (C=O) groups excluding carboxylic acids is 1. The third-order valence-electron chi connectivity index (χ3n) is 3.66. The summed E-state index contributed by atoms with van der Waals surface area (Å²) in [7, 11) is 1.23. The number of rotatable bonds is 10. The van der Waals surface area contributed by atoms with Crippen molar-refractivity contribution in [3.8, 4) is 16.9 Å². The van der Waals surface area contributed by atoms with Crippen molar-refractivity contribution >= 4 is 5.97 Å². The van der Waals surface area contributed by atoms with Gasteiger partial charge in [0.15, 0.2) is 6.10 Å². The van der Waals surface area contributed by atoms with E-state index in [1.807, 2.05) is 42.5 Å².